The average Bonchev–Trinajstić information content (AvgIpc) is 3.24. The van der Waals surface area contributed by atoms with Crippen molar-refractivity contribution in [2.75, 3.05) is 14.1 Å². The van der Waals surface area contributed by atoms with Crippen LogP contribution in [0.3, 0.4) is 0 Å². The first-order chi connectivity index (χ1) is 14.4. The van der Waals surface area contributed by atoms with Gasteiger partial charge in [0.25, 0.3) is 5.89 Å². The first kappa shape index (κ1) is 19.5. The third-order valence-electron chi connectivity index (χ3n) is 4.90. The van der Waals surface area contributed by atoms with Gasteiger partial charge < -0.3 is 9.32 Å². The molecule has 4 rings (SSSR count). The molecule has 0 aliphatic rings. The van der Waals surface area contributed by atoms with E-state index in [1.165, 1.54) is 0 Å². The van der Waals surface area contributed by atoms with Crippen molar-refractivity contribution in [1.29, 1.82) is 0 Å². The number of nitrogens with zero attached hydrogens (tertiary/aromatic N) is 5. The van der Waals surface area contributed by atoms with Crippen LogP contribution in [0.4, 0.5) is 0 Å². The molecule has 2 aromatic heterocycles. The summed E-state index contributed by atoms with van der Waals surface area (Å²) in [6, 6.07) is 16.0. The summed E-state index contributed by atoms with van der Waals surface area (Å²) in [5.74, 6) is 0.822. The van der Waals surface area contributed by atoms with Crippen LogP contribution in [-0.4, -0.2) is 39.2 Å². The third kappa shape index (κ3) is 3.85. The van der Waals surface area contributed by atoms with E-state index in [-0.39, 0.29) is 0 Å². The van der Waals surface area contributed by atoms with Gasteiger partial charge in [-0.3, -0.25) is 4.98 Å². The highest BCUT2D eigenvalue weighted by molar-refractivity contribution is 5.68. The summed E-state index contributed by atoms with van der Waals surface area (Å²) in [6.07, 6.45) is 1.76. The molecule has 0 bridgehead atoms. The van der Waals surface area contributed by atoms with Crippen LogP contribution >= 0.6 is 0 Å². The molecule has 0 atom stereocenters. The molecule has 6 nitrogen and oxygen atoms in total. The summed E-state index contributed by atoms with van der Waals surface area (Å²) in [5.41, 5.74) is 7.04. The van der Waals surface area contributed by atoms with Gasteiger partial charge in [-0.25, -0.2) is 4.98 Å². The molecule has 0 amide bonds. The number of aryl methyl sites for hydroxylation is 2. The maximum atomic E-state index is 5.92. The van der Waals surface area contributed by atoms with Crippen molar-refractivity contribution in [3.63, 3.8) is 0 Å². The minimum atomic E-state index is 0.357. The summed E-state index contributed by atoms with van der Waals surface area (Å²) in [6.45, 7) is 8.00. The molecule has 2 aromatic carbocycles. The minimum Gasteiger partial charge on any atom is -0.415 e. The zero-order chi connectivity index (χ0) is 21.3. The van der Waals surface area contributed by atoms with Gasteiger partial charge in [-0.1, -0.05) is 48.5 Å². The molecule has 30 heavy (non-hydrogen) atoms. The fourth-order valence-corrected chi connectivity index (χ4v) is 3.10. The average molecular weight is 397 g/mol. The molecule has 0 saturated carbocycles. The van der Waals surface area contributed by atoms with E-state index in [0.717, 1.165) is 39.3 Å². The first-order valence-electron chi connectivity index (χ1n) is 9.64. The van der Waals surface area contributed by atoms with Crippen molar-refractivity contribution in [1.82, 2.24) is 25.1 Å². The van der Waals surface area contributed by atoms with Gasteiger partial charge in [0, 0.05) is 30.9 Å². The van der Waals surface area contributed by atoms with Gasteiger partial charge in [0.05, 0.1) is 17.6 Å². The van der Waals surface area contributed by atoms with Crippen molar-refractivity contribution in [3.8, 4) is 34.3 Å². The molecule has 0 radical (unpaired) electrons. The van der Waals surface area contributed by atoms with Crippen LogP contribution in [0.15, 0.2) is 65.7 Å². The van der Waals surface area contributed by atoms with E-state index in [1.807, 2.05) is 81.4 Å². The zero-order valence-electron chi connectivity index (χ0n) is 17.5. The number of aromatic nitrogens is 4. The summed E-state index contributed by atoms with van der Waals surface area (Å²) in [4.78, 5) is 11.2. The Labute approximate surface area is 176 Å². The smallest absolute Gasteiger partial charge is 0.268 e. The van der Waals surface area contributed by atoms with Crippen molar-refractivity contribution in [2.24, 2.45) is 0 Å². The van der Waals surface area contributed by atoms with Gasteiger partial charge >= 0.3 is 0 Å². The number of hydrogen-bond acceptors (Lipinski definition) is 6. The van der Waals surface area contributed by atoms with Crippen LogP contribution in [0.1, 0.15) is 16.8 Å². The molecule has 0 saturated heterocycles. The molecule has 0 N–H and O–H groups in total. The molecule has 0 aliphatic heterocycles. The third-order valence-corrected chi connectivity index (χ3v) is 4.90. The van der Waals surface area contributed by atoms with Crippen LogP contribution in [0.25, 0.3) is 40.0 Å². The van der Waals surface area contributed by atoms with Crippen molar-refractivity contribution in [3.05, 3.63) is 78.1 Å². The van der Waals surface area contributed by atoms with Crippen LogP contribution in [0, 0.1) is 13.8 Å². The summed E-state index contributed by atoms with van der Waals surface area (Å²) < 4.78 is 5.92. The topological polar surface area (TPSA) is 67.9 Å². The maximum absolute atomic E-state index is 5.92. The molecule has 0 aliphatic carbocycles. The van der Waals surface area contributed by atoms with Crippen LogP contribution < -0.4 is 0 Å². The number of rotatable bonds is 5. The van der Waals surface area contributed by atoms with E-state index < -0.39 is 0 Å². The Bertz CT molecular complexity index is 1210. The second kappa shape index (κ2) is 7.91. The monoisotopic (exact) mass is 397 g/mol. The van der Waals surface area contributed by atoms with E-state index in [0.29, 0.717) is 17.5 Å². The lowest BCUT2D eigenvalue weighted by Gasteiger charge is -2.16. The van der Waals surface area contributed by atoms with Gasteiger partial charge in [0.15, 0.2) is 0 Å². The van der Waals surface area contributed by atoms with Gasteiger partial charge in [-0.05, 0) is 31.5 Å². The maximum Gasteiger partial charge on any atom is 0.268 e. The lowest BCUT2D eigenvalue weighted by Crippen LogP contribution is -2.08. The Morgan fingerprint density at radius 1 is 0.933 bits per heavy atom. The van der Waals surface area contributed by atoms with Gasteiger partial charge in [0.2, 0.25) is 5.89 Å². The van der Waals surface area contributed by atoms with E-state index in [1.54, 1.807) is 6.20 Å². The van der Waals surface area contributed by atoms with E-state index in [2.05, 4.69) is 21.8 Å². The SMILES string of the molecule is C=C(c1ccc(-c2cnc(C)c(-c3nnc(-c4cccc(C)c4)o3)n2)cc1)N(C)C. The second-order valence-corrected chi connectivity index (χ2v) is 7.39. The Balaban J connectivity index is 1.67. The molecular formula is C24H23N5O. The number of hydrogen-bond donors (Lipinski definition) is 0. The van der Waals surface area contributed by atoms with Gasteiger partial charge in [0.1, 0.15) is 5.69 Å². The van der Waals surface area contributed by atoms with Crippen LogP contribution in [0.2, 0.25) is 0 Å². The number of benzene rings is 2. The van der Waals surface area contributed by atoms with Gasteiger partial charge in [-0.2, -0.15) is 0 Å². The Morgan fingerprint density at radius 2 is 1.67 bits per heavy atom. The van der Waals surface area contributed by atoms with E-state index in [9.17, 15) is 0 Å². The highest BCUT2D eigenvalue weighted by atomic mass is 16.4. The summed E-state index contributed by atoms with van der Waals surface area (Å²) in [7, 11) is 3.95. The van der Waals surface area contributed by atoms with E-state index in [4.69, 9.17) is 9.40 Å². The van der Waals surface area contributed by atoms with E-state index >= 15 is 0 Å². The highest BCUT2D eigenvalue weighted by Crippen LogP contribution is 2.27. The predicted octanol–water partition coefficient (Wildman–Crippen LogP) is 5.01. The molecule has 0 unspecified atom stereocenters. The van der Waals surface area contributed by atoms with Crippen molar-refractivity contribution < 1.29 is 4.42 Å². The standard InChI is InChI=1S/C24H23N5O/c1-15-7-6-8-20(13-15)23-27-28-24(30-23)22-16(2)25-14-21(26-22)19-11-9-18(10-12-19)17(3)29(4)5/h6-14H,3H2,1-2,4-5H3. The van der Waals surface area contributed by atoms with Crippen molar-refractivity contribution >= 4 is 5.70 Å². The fraction of sp³-hybridized carbons (Fsp3) is 0.167. The summed E-state index contributed by atoms with van der Waals surface area (Å²) >= 11 is 0. The quantitative estimate of drug-likeness (QED) is 0.472. The zero-order valence-corrected chi connectivity index (χ0v) is 17.5. The normalized spacial score (nSPS) is 10.8. The molecule has 2 heterocycles. The molecule has 150 valence electrons. The van der Waals surface area contributed by atoms with Crippen LogP contribution in [-0.2, 0) is 0 Å². The first-order valence-corrected chi connectivity index (χ1v) is 9.64. The minimum absolute atomic E-state index is 0.357. The van der Waals surface area contributed by atoms with Crippen LogP contribution in [0.5, 0.6) is 0 Å². The highest BCUT2D eigenvalue weighted by Gasteiger charge is 2.16. The lowest BCUT2D eigenvalue weighted by molar-refractivity contribution is 0.581. The largest absolute Gasteiger partial charge is 0.415 e. The lowest BCUT2D eigenvalue weighted by atomic mass is 10.1. The Kier molecular flexibility index (Phi) is 5.14. The van der Waals surface area contributed by atoms with Crippen molar-refractivity contribution in [2.45, 2.75) is 13.8 Å². The Hall–Kier alpha value is -3.80. The van der Waals surface area contributed by atoms with Gasteiger partial charge in [-0.15, -0.1) is 10.2 Å². The second-order valence-electron chi connectivity index (χ2n) is 7.39. The summed E-state index contributed by atoms with van der Waals surface area (Å²) in [5, 5.41) is 8.40. The molecule has 0 spiro atoms. The molecule has 0 fully saturated rings. The Morgan fingerprint density at radius 3 is 2.37 bits per heavy atom. The predicted molar refractivity (Wildman–Crippen MR) is 118 cm³/mol. The molecule has 6 heteroatoms. The molecular weight excluding hydrogens is 374 g/mol. The molecule has 4 aromatic rings. The fourth-order valence-electron chi connectivity index (χ4n) is 3.10.